The third-order valence-corrected chi connectivity index (χ3v) is 4.93. The summed E-state index contributed by atoms with van der Waals surface area (Å²) >= 11 is 1.93. The van der Waals surface area contributed by atoms with Gasteiger partial charge in [0.15, 0.2) is 0 Å². The van der Waals surface area contributed by atoms with Crippen molar-refractivity contribution in [1.82, 2.24) is 14.7 Å². The maximum Gasteiger partial charge on any atom is 0.322 e. The van der Waals surface area contributed by atoms with Crippen LogP contribution in [0.3, 0.4) is 0 Å². The number of hydrogen-bond donors (Lipinski definition) is 2. The average molecular weight is 326 g/mol. The van der Waals surface area contributed by atoms with Gasteiger partial charge in [0.1, 0.15) is 0 Å². The normalized spacial score (nSPS) is 16.0. The van der Waals surface area contributed by atoms with Crippen molar-refractivity contribution in [2.45, 2.75) is 38.6 Å². The lowest BCUT2D eigenvalue weighted by Crippen LogP contribution is -2.46. The Morgan fingerprint density at radius 3 is 2.82 bits per heavy atom. The van der Waals surface area contributed by atoms with Gasteiger partial charge in [-0.05, 0) is 30.3 Å². The first-order chi connectivity index (χ1) is 10.5. The van der Waals surface area contributed by atoms with Crippen molar-refractivity contribution in [1.29, 1.82) is 0 Å². The Labute approximate surface area is 136 Å². The van der Waals surface area contributed by atoms with E-state index in [9.17, 15) is 9.90 Å². The predicted molar refractivity (Wildman–Crippen MR) is 90.5 cm³/mol. The highest BCUT2D eigenvalue weighted by atomic mass is 32.2. The highest BCUT2D eigenvalue weighted by Gasteiger charge is 2.26. The number of amides is 2. The van der Waals surface area contributed by atoms with Crippen LogP contribution >= 0.6 is 11.8 Å². The van der Waals surface area contributed by atoms with E-state index in [2.05, 4.69) is 24.3 Å². The van der Waals surface area contributed by atoms with Crippen molar-refractivity contribution in [2.24, 2.45) is 7.05 Å². The first kappa shape index (κ1) is 17.1. The summed E-state index contributed by atoms with van der Waals surface area (Å²) in [4.78, 5) is 14.4. The van der Waals surface area contributed by atoms with E-state index >= 15 is 0 Å². The minimum atomic E-state index is -0.138. The highest BCUT2D eigenvalue weighted by Crippen LogP contribution is 2.25. The van der Waals surface area contributed by atoms with Crippen molar-refractivity contribution in [3.8, 4) is 0 Å². The van der Waals surface area contributed by atoms with Gasteiger partial charge in [-0.25, -0.2) is 4.79 Å². The van der Waals surface area contributed by atoms with E-state index in [1.165, 1.54) is 0 Å². The molecule has 0 radical (unpaired) electrons. The number of rotatable bonds is 5. The SMILES string of the molecule is CC(C)c1nn(C)cc1NC(=O)N(CCO)C1CCSCC1. The number of anilines is 1. The van der Waals surface area contributed by atoms with Gasteiger partial charge >= 0.3 is 6.03 Å². The van der Waals surface area contributed by atoms with Gasteiger partial charge in [0.2, 0.25) is 0 Å². The number of hydrogen-bond acceptors (Lipinski definition) is 4. The standard InChI is InChI=1S/C15H26N4O2S/c1-11(2)14-13(10-18(3)17-14)16-15(21)19(6-7-20)12-4-8-22-9-5-12/h10-12,20H,4-9H2,1-3H3,(H,16,21). The van der Waals surface area contributed by atoms with Crippen molar-refractivity contribution in [3.63, 3.8) is 0 Å². The smallest absolute Gasteiger partial charge is 0.322 e. The molecular weight excluding hydrogens is 300 g/mol. The molecule has 1 aromatic heterocycles. The molecule has 2 heterocycles. The molecule has 1 aliphatic rings. The summed E-state index contributed by atoms with van der Waals surface area (Å²) in [5.41, 5.74) is 1.65. The van der Waals surface area contributed by atoms with E-state index in [-0.39, 0.29) is 24.6 Å². The molecule has 1 aromatic rings. The maximum absolute atomic E-state index is 12.6. The van der Waals surface area contributed by atoms with E-state index in [4.69, 9.17) is 0 Å². The Balaban J connectivity index is 2.10. The number of thioether (sulfide) groups is 1. The summed E-state index contributed by atoms with van der Waals surface area (Å²) in [6, 6.07) is 0.0772. The van der Waals surface area contributed by atoms with Gasteiger partial charge in [-0.3, -0.25) is 4.68 Å². The minimum absolute atomic E-state index is 0.0128. The van der Waals surface area contributed by atoms with E-state index in [0.717, 1.165) is 35.7 Å². The molecule has 1 saturated heterocycles. The Kier molecular flexibility index (Phi) is 6.14. The van der Waals surface area contributed by atoms with Crippen LogP contribution in [0.4, 0.5) is 10.5 Å². The van der Waals surface area contributed by atoms with Gasteiger partial charge < -0.3 is 15.3 Å². The zero-order valence-electron chi connectivity index (χ0n) is 13.6. The first-order valence-corrected chi connectivity index (χ1v) is 8.98. The maximum atomic E-state index is 12.6. The van der Waals surface area contributed by atoms with Crippen LogP contribution in [0.15, 0.2) is 6.20 Å². The molecule has 0 unspecified atom stereocenters. The molecule has 6 nitrogen and oxygen atoms in total. The Bertz CT molecular complexity index is 498. The summed E-state index contributed by atoms with van der Waals surface area (Å²) in [5.74, 6) is 2.39. The molecule has 0 bridgehead atoms. The lowest BCUT2D eigenvalue weighted by molar-refractivity contribution is 0.158. The van der Waals surface area contributed by atoms with Crippen molar-refractivity contribution in [2.75, 3.05) is 30.0 Å². The second kappa shape index (κ2) is 7.87. The van der Waals surface area contributed by atoms with Gasteiger partial charge in [-0.15, -0.1) is 0 Å². The van der Waals surface area contributed by atoms with Crippen LogP contribution in [0.1, 0.15) is 38.3 Å². The number of urea groups is 1. The fourth-order valence-electron chi connectivity index (χ4n) is 2.77. The molecule has 0 saturated carbocycles. The average Bonchev–Trinajstić information content (AvgIpc) is 2.86. The molecule has 0 atom stereocenters. The van der Waals surface area contributed by atoms with Gasteiger partial charge in [-0.1, -0.05) is 13.8 Å². The van der Waals surface area contributed by atoms with Crippen LogP contribution < -0.4 is 5.32 Å². The molecule has 22 heavy (non-hydrogen) atoms. The Morgan fingerprint density at radius 2 is 2.23 bits per heavy atom. The zero-order chi connectivity index (χ0) is 16.1. The third-order valence-electron chi connectivity index (χ3n) is 3.88. The summed E-state index contributed by atoms with van der Waals surface area (Å²) in [6.45, 7) is 4.48. The quantitative estimate of drug-likeness (QED) is 0.871. The van der Waals surface area contributed by atoms with Crippen molar-refractivity contribution < 1.29 is 9.90 Å². The fraction of sp³-hybridized carbons (Fsp3) is 0.733. The molecule has 1 fully saturated rings. The van der Waals surface area contributed by atoms with Crippen molar-refractivity contribution >= 4 is 23.5 Å². The molecule has 2 amide bonds. The van der Waals surface area contributed by atoms with Gasteiger partial charge in [0.05, 0.1) is 18.0 Å². The number of aliphatic hydroxyl groups is 1. The summed E-state index contributed by atoms with van der Waals surface area (Å²) in [5, 5.41) is 16.7. The largest absolute Gasteiger partial charge is 0.395 e. The second-order valence-corrected chi connectivity index (χ2v) is 7.17. The molecule has 2 rings (SSSR count). The molecular formula is C15H26N4O2S. The molecule has 2 N–H and O–H groups in total. The topological polar surface area (TPSA) is 70.4 Å². The van der Waals surface area contributed by atoms with Gasteiger partial charge in [0.25, 0.3) is 0 Å². The molecule has 7 heteroatoms. The molecule has 0 aromatic carbocycles. The van der Waals surface area contributed by atoms with Crippen molar-refractivity contribution in [3.05, 3.63) is 11.9 Å². The van der Waals surface area contributed by atoms with Crippen LogP contribution in [0.2, 0.25) is 0 Å². The van der Waals surface area contributed by atoms with Crippen LogP contribution in [-0.2, 0) is 7.05 Å². The van der Waals surface area contributed by atoms with Crippen LogP contribution in [0.25, 0.3) is 0 Å². The number of nitrogens with zero attached hydrogens (tertiary/aromatic N) is 3. The van der Waals surface area contributed by atoms with E-state index in [1.54, 1.807) is 9.58 Å². The first-order valence-electron chi connectivity index (χ1n) is 7.82. The Hall–Kier alpha value is -1.21. The molecule has 1 aliphatic heterocycles. The Morgan fingerprint density at radius 1 is 1.55 bits per heavy atom. The summed E-state index contributed by atoms with van der Waals surface area (Å²) in [7, 11) is 1.85. The lowest BCUT2D eigenvalue weighted by Gasteiger charge is -2.33. The van der Waals surface area contributed by atoms with E-state index in [1.807, 2.05) is 25.0 Å². The number of aromatic nitrogens is 2. The van der Waals surface area contributed by atoms with Crippen LogP contribution in [0, 0.1) is 0 Å². The highest BCUT2D eigenvalue weighted by molar-refractivity contribution is 7.99. The molecule has 0 spiro atoms. The van der Waals surface area contributed by atoms with E-state index < -0.39 is 0 Å². The molecule has 0 aliphatic carbocycles. The van der Waals surface area contributed by atoms with E-state index in [0.29, 0.717) is 6.54 Å². The van der Waals surface area contributed by atoms with Gasteiger partial charge in [-0.2, -0.15) is 16.9 Å². The van der Waals surface area contributed by atoms with Crippen LogP contribution in [-0.4, -0.2) is 56.5 Å². The fourth-order valence-corrected chi connectivity index (χ4v) is 3.85. The number of nitrogens with one attached hydrogen (secondary N) is 1. The molecule has 124 valence electrons. The number of aliphatic hydroxyl groups excluding tert-OH is 1. The predicted octanol–water partition coefficient (Wildman–Crippen LogP) is 2.27. The number of aryl methyl sites for hydroxylation is 1. The number of carbonyl (C=O) groups excluding carboxylic acids is 1. The van der Waals surface area contributed by atoms with Gasteiger partial charge in [0, 0.05) is 25.8 Å². The minimum Gasteiger partial charge on any atom is -0.395 e. The number of carbonyl (C=O) groups is 1. The van der Waals surface area contributed by atoms with Crippen LogP contribution in [0.5, 0.6) is 0 Å². The monoisotopic (exact) mass is 326 g/mol. The summed E-state index contributed by atoms with van der Waals surface area (Å²) < 4.78 is 1.72. The second-order valence-electron chi connectivity index (χ2n) is 5.95. The summed E-state index contributed by atoms with van der Waals surface area (Å²) in [6.07, 6.45) is 3.81. The third kappa shape index (κ3) is 4.16. The lowest BCUT2D eigenvalue weighted by atomic mass is 10.1. The zero-order valence-corrected chi connectivity index (χ0v) is 14.4.